The summed E-state index contributed by atoms with van der Waals surface area (Å²) >= 11 is 0. The van der Waals surface area contributed by atoms with Crippen LogP contribution in [0.25, 0.3) is 22.3 Å². The number of nitrogens with zero attached hydrogens (tertiary/aromatic N) is 4. The third-order valence-electron chi connectivity index (χ3n) is 6.17. The maximum Gasteiger partial charge on any atom is 0.181 e. The second-order valence-corrected chi connectivity index (χ2v) is 8.94. The molecular weight excluding hydrogens is 432 g/mol. The van der Waals surface area contributed by atoms with Gasteiger partial charge in [0.2, 0.25) is 0 Å². The van der Waals surface area contributed by atoms with Crippen molar-refractivity contribution < 1.29 is 14.2 Å². The van der Waals surface area contributed by atoms with Gasteiger partial charge in [-0.15, -0.1) is 0 Å². The van der Waals surface area contributed by atoms with Crippen molar-refractivity contribution in [2.75, 3.05) is 11.9 Å². The smallest absolute Gasteiger partial charge is 0.181 e. The number of ether oxygens (including phenoxy) is 3. The average Bonchev–Trinajstić information content (AvgIpc) is 3.49. The summed E-state index contributed by atoms with van der Waals surface area (Å²) in [5.41, 5.74) is 9.28. The third kappa shape index (κ3) is 3.54. The van der Waals surface area contributed by atoms with Crippen molar-refractivity contribution in [2.24, 2.45) is 5.73 Å². The minimum absolute atomic E-state index is 0.284. The first kappa shape index (κ1) is 21.2. The maximum atomic E-state index is 6.32. The Labute approximate surface area is 196 Å². The topological polar surface area (TPSA) is 109 Å². The quantitative estimate of drug-likeness (QED) is 0.467. The van der Waals surface area contributed by atoms with Crippen LogP contribution >= 0.6 is 0 Å². The molecule has 2 aliphatic heterocycles. The normalized spacial score (nSPS) is 25.5. The van der Waals surface area contributed by atoms with Gasteiger partial charge in [0, 0.05) is 17.8 Å². The van der Waals surface area contributed by atoms with E-state index in [1.807, 2.05) is 74.5 Å². The maximum absolute atomic E-state index is 6.32. The molecule has 0 amide bonds. The van der Waals surface area contributed by atoms with E-state index in [1.54, 1.807) is 4.68 Å². The van der Waals surface area contributed by atoms with Gasteiger partial charge in [0.1, 0.15) is 36.2 Å². The van der Waals surface area contributed by atoms with Gasteiger partial charge in [0.05, 0.1) is 5.39 Å². The van der Waals surface area contributed by atoms with Crippen LogP contribution in [0.3, 0.4) is 0 Å². The molecule has 0 bridgehead atoms. The predicted molar refractivity (Wildman–Crippen MR) is 127 cm³/mol. The Morgan fingerprint density at radius 1 is 0.971 bits per heavy atom. The van der Waals surface area contributed by atoms with E-state index in [-0.39, 0.29) is 18.3 Å². The predicted octanol–water partition coefficient (Wildman–Crippen LogP) is 3.61. The second kappa shape index (κ2) is 8.14. The molecule has 174 valence electrons. The van der Waals surface area contributed by atoms with E-state index in [2.05, 4.69) is 15.3 Å². The molecule has 3 N–H and O–H groups in total. The minimum Gasteiger partial charge on any atom is -0.346 e. The van der Waals surface area contributed by atoms with Crippen molar-refractivity contribution >= 4 is 22.5 Å². The third-order valence-corrected chi connectivity index (χ3v) is 6.17. The van der Waals surface area contributed by atoms with Gasteiger partial charge in [-0.25, -0.2) is 14.6 Å². The van der Waals surface area contributed by atoms with Gasteiger partial charge < -0.3 is 25.3 Å². The molecule has 9 nitrogen and oxygen atoms in total. The second-order valence-electron chi connectivity index (χ2n) is 8.94. The number of rotatable bonds is 5. The Bertz CT molecular complexity index is 1310. The lowest BCUT2D eigenvalue weighted by Gasteiger charge is -2.24. The van der Waals surface area contributed by atoms with Gasteiger partial charge >= 0.3 is 0 Å². The van der Waals surface area contributed by atoms with Crippen LogP contribution in [0.4, 0.5) is 11.5 Å². The number of anilines is 2. The highest BCUT2D eigenvalue weighted by atomic mass is 16.8. The van der Waals surface area contributed by atoms with Gasteiger partial charge in [-0.2, -0.15) is 5.10 Å². The molecule has 34 heavy (non-hydrogen) atoms. The van der Waals surface area contributed by atoms with E-state index in [1.165, 1.54) is 6.33 Å². The summed E-state index contributed by atoms with van der Waals surface area (Å²) in [5.74, 6) is -0.0690. The molecule has 0 radical (unpaired) electrons. The minimum atomic E-state index is -0.731. The summed E-state index contributed by atoms with van der Waals surface area (Å²) in [7, 11) is 0. The number of hydrogen-bond donors (Lipinski definition) is 2. The lowest BCUT2D eigenvalue weighted by atomic mass is 10.1. The van der Waals surface area contributed by atoms with Gasteiger partial charge in [-0.3, -0.25) is 0 Å². The zero-order chi connectivity index (χ0) is 23.3. The fourth-order valence-electron chi connectivity index (χ4n) is 4.75. The number of hydrogen-bond acceptors (Lipinski definition) is 8. The lowest BCUT2D eigenvalue weighted by molar-refractivity contribution is -0.196. The van der Waals surface area contributed by atoms with Crippen LogP contribution in [-0.2, 0) is 14.2 Å². The van der Waals surface area contributed by atoms with Crippen molar-refractivity contribution in [1.82, 2.24) is 19.7 Å². The molecule has 2 aliphatic rings. The standard InChI is InChI=1S/C25H26N6O3/c1-25(2)33-20-17(13-26)32-24(21(20)34-25)31-23-18(19(30-31)15-9-5-3-6-10-15)22(27-14-28-23)29-16-11-7-4-8-12-16/h3-12,14,17,20-21,24H,13,26H2,1-2H3,(H,27,28,29)/t17-,20+,21+,24+/m0/s1. The Hall–Kier alpha value is -3.37. The van der Waals surface area contributed by atoms with Gasteiger partial charge in [-0.05, 0) is 26.0 Å². The largest absolute Gasteiger partial charge is 0.346 e. The van der Waals surface area contributed by atoms with Crippen LogP contribution in [0, 0.1) is 0 Å². The van der Waals surface area contributed by atoms with E-state index >= 15 is 0 Å². The molecule has 2 fully saturated rings. The van der Waals surface area contributed by atoms with Crippen LogP contribution in [0.1, 0.15) is 20.1 Å². The van der Waals surface area contributed by atoms with Crippen molar-refractivity contribution in [3.8, 4) is 11.3 Å². The summed E-state index contributed by atoms with van der Waals surface area (Å²) in [6.07, 6.45) is 0.0345. The molecule has 0 spiro atoms. The zero-order valence-electron chi connectivity index (χ0n) is 19.0. The first-order chi connectivity index (χ1) is 16.5. The van der Waals surface area contributed by atoms with Gasteiger partial charge in [0.25, 0.3) is 0 Å². The molecule has 4 atom stereocenters. The highest BCUT2D eigenvalue weighted by Crippen LogP contribution is 2.44. The Balaban J connectivity index is 1.51. The van der Waals surface area contributed by atoms with Crippen molar-refractivity contribution in [1.29, 1.82) is 0 Å². The zero-order valence-corrected chi connectivity index (χ0v) is 19.0. The van der Waals surface area contributed by atoms with Crippen LogP contribution in [0.2, 0.25) is 0 Å². The van der Waals surface area contributed by atoms with Gasteiger partial charge in [0.15, 0.2) is 17.7 Å². The summed E-state index contributed by atoms with van der Waals surface area (Å²) < 4.78 is 20.5. The van der Waals surface area contributed by atoms with E-state index in [0.29, 0.717) is 18.0 Å². The Morgan fingerprint density at radius 2 is 1.68 bits per heavy atom. The van der Waals surface area contributed by atoms with Crippen molar-refractivity contribution in [3.63, 3.8) is 0 Å². The number of fused-ring (bicyclic) bond motifs is 2. The Morgan fingerprint density at radius 3 is 2.41 bits per heavy atom. The van der Waals surface area contributed by atoms with E-state index < -0.39 is 12.0 Å². The van der Waals surface area contributed by atoms with Gasteiger partial charge in [-0.1, -0.05) is 48.5 Å². The molecule has 2 aromatic heterocycles. The highest BCUT2D eigenvalue weighted by Gasteiger charge is 2.56. The van der Waals surface area contributed by atoms with Crippen LogP contribution < -0.4 is 11.1 Å². The molecular formula is C25H26N6O3. The summed E-state index contributed by atoms with van der Waals surface area (Å²) in [6.45, 7) is 4.12. The first-order valence-corrected chi connectivity index (χ1v) is 11.4. The fourth-order valence-corrected chi connectivity index (χ4v) is 4.75. The molecule has 6 rings (SSSR count). The molecule has 4 aromatic rings. The van der Waals surface area contributed by atoms with Crippen molar-refractivity contribution in [3.05, 3.63) is 67.0 Å². The molecule has 4 heterocycles. The summed E-state index contributed by atoms with van der Waals surface area (Å²) in [6, 6.07) is 19.9. The number of para-hydroxylation sites is 1. The molecule has 2 aromatic carbocycles. The molecule has 0 aliphatic carbocycles. The molecule has 0 unspecified atom stereocenters. The van der Waals surface area contributed by atoms with E-state index in [9.17, 15) is 0 Å². The SMILES string of the molecule is CC1(C)O[C@@H]2[C@H](O1)[C@H](CN)O[C@H]2n1nc(-c2ccccc2)c2c(Nc3ccccc3)ncnc21. The fraction of sp³-hybridized carbons (Fsp3) is 0.320. The number of nitrogens with one attached hydrogen (secondary N) is 1. The lowest BCUT2D eigenvalue weighted by Crippen LogP contribution is -2.34. The Kier molecular flexibility index (Phi) is 5.07. The molecule has 0 saturated carbocycles. The van der Waals surface area contributed by atoms with Crippen LogP contribution in [-0.4, -0.2) is 50.4 Å². The van der Waals surface area contributed by atoms with Crippen LogP contribution in [0.15, 0.2) is 67.0 Å². The first-order valence-electron chi connectivity index (χ1n) is 11.4. The highest BCUT2D eigenvalue weighted by molar-refractivity contribution is 6.00. The summed E-state index contributed by atoms with van der Waals surface area (Å²) in [4.78, 5) is 9.17. The van der Waals surface area contributed by atoms with Crippen molar-refractivity contribution in [2.45, 2.75) is 44.2 Å². The summed E-state index contributed by atoms with van der Waals surface area (Å²) in [5, 5.41) is 9.21. The molecule has 2 saturated heterocycles. The number of aromatic nitrogens is 4. The van der Waals surface area contributed by atoms with E-state index in [0.717, 1.165) is 22.3 Å². The van der Waals surface area contributed by atoms with Crippen LogP contribution in [0.5, 0.6) is 0 Å². The van der Waals surface area contributed by atoms with E-state index in [4.69, 9.17) is 25.0 Å². The molecule has 9 heteroatoms. The monoisotopic (exact) mass is 458 g/mol. The number of benzene rings is 2. The number of nitrogens with two attached hydrogens (primary N) is 1. The average molecular weight is 459 g/mol.